The molecule has 0 saturated carbocycles. The van der Waals surface area contributed by atoms with E-state index in [4.69, 9.17) is 0 Å². The van der Waals surface area contributed by atoms with Crippen molar-refractivity contribution in [3.8, 4) is 5.69 Å². The summed E-state index contributed by atoms with van der Waals surface area (Å²) in [6, 6.07) is 6.56. The standard InChI is InChI=1S/C16H17F3N4O/c17-16(18,19)11-3-1-5-13(9-11)23-8-6-14(22-23)15(24)21-10-12-4-2-7-20-12/h1,3,5-6,8-9,12,20H,2,4,7,10H2,(H,21,24). The van der Waals surface area contributed by atoms with Crippen molar-refractivity contribution >= 4 is 5.91 Å². The van der Waals surface area contributed by atoms with Crippen LogP contribution in [0.3, 0.4) is 0 Å². The lowest BCUT2D eigenvalue weighted by molar-refractivity contribution is -0.137. The Kier molecular flexibility index (Phi) is 4.57. The van der Waals surface area contributed by atoms with Gasteiger partial charge in [-0.25, -0.2) is 4.68 Å². The van der Waals surface area contributed by atoms with Gasteiger partial charge in [0.05, 0.1) is 11.3 Å². The molecule has 8 heteroatoms. The maximum absolute atomic E-state index is 12.8. The first-order valence-electron chi connectivity index (χ1n) is 7.68. The van der Waals surface area contributed by atoms with E-state index in [-0.39, 0.29) is 23.3 Å². The summed E-state index contributed by atoms with van der Waals surface area (Å²) in [5.41, 5.74) is -0.333. The summed E-state index contributed by atoms with van der Waals surface area (Å²) in [5, 5.41) is 10.1. The molecule has 1 aromatic carbocycles. The van der Waals surface area contributed by atoms with Gasteiger partial charge in [-0.3, -0.25) is 4.79 Å². The number of alkyl halides is 3. The molecule has 1 aliphatic heterocycles. The molecule has 1 atom stereocenters. The molecule has 1 saturated heterocycles. The molecular weight excluding hydrogens is 321 g/mol. The van der Waals surface area contributed by atoms with E-state index in [0.29, 0.717) is 6.54 Å². The van der Waals surface area contributed by atoms with Crippen LogP contribution in [0, 0.1) is 0 Å². The van der Waals surface area contributed by atoms with Gasteiger partial charge in [-0.1, -0.05) is 6.07 Å². The topological polar surface area (TPSA) is 59.0 Å². The summed E-state index contributed by atoms with van der Waals surface area (Å²) >= 11 is 0. The average molecular weight is 338 g/mol. The molecule has 1 aromatic heterocycles. The van der Waals surface area contributed by atoms with Crippen LogP contribution in [0.1, 0.15) is 28.9 Å². The molecule has 1 amide bonds. The Labute approximate surface area is 136 Å². The Morgan fingerprint density at radius 2 is 2.21 bits per heavy atom. The van der Waals surface area contributed by atoms with Crippen LogP contribution < -0.4 is 10.6 Å². The highest BCUT2D eigenvalue weighted by Crippen LogP contribution is 2.30. The van der Waals surface area contributed by atoms with Crippen molar-refractivity contribution in [3.05, 3.63) is 47.8 Å². The van der Waals surface area contributed by atoms with Crippen LogP contribution in [-0.4, -0.2) is 34.8 Å². The Morgan fingerprint density at radius 3 is 2.92 bits per heavy atom. The highest BCUT2D eigenvalue weighted by Gasteiger charge is 2.30. The molecule has 2 heterocycles. The molecule has 0 spiro atoms. The van der Waals surface area contributed by atoms with E-state index in [0.717, 1.165) is 31.5 Å². The first-order chi connectivity index (χ1) is 11.4. The largest absolute Gasteiger partial charge is 0.416 e. The molecule has 5 nitrogen and oxygen atoms in total. The summed E-state index contributed by atoms with van der Waals surface area (Å²) < 4.78 is 39.6. The Hall–Kier alpha value is -2.35. The zero-order chi connectivity index (χ0) is 17.2. The SMILES string of the molecule is O=C(NCC1CCCN1)c1ccn(-c2cccc(C(F)(F)F)c2)n1. The fraction of sp³-hybridized carbons (Fsp3) is 0.375. The highest BCUT2D eigenvalue weighted by atomic mass is 19.4. The number of hydrogen-bond acceptors (Lipinski definition) is 3. The Morgan fingerprint density at radius 1 is 1.38 bits per heavy atom. The molecule has 2 aromatic rings. The fourth-order valence-electron chi connectivity index (χ4n) is 2.65. The van der Waals surface area contributed by atoms with Crippen LogP contribution in [0.15, 0.2) is 36.5 Å². The Bertz CT molecular complexity index is 720. The average Bonchev–Trinajstić information content (AvgIpc) is 3.23. The highest BCUT2D eigenvalue weighted by molar-refractivity contribution is 5.92. The summed E-state index contributed by atoms with van der Waals surface area (Å²) in [4.78, 5) is 12.1. The molecule has 0 aliphatic carbocycles. The number of rotatable bonds is 4. The minimum Gasteiger partial charge on any atom is -0.349 e. The van der Waals surface area contributed by atoms with E-state index in [1.54, 1.807) is 0 Å². The predicted molar refractivity (Wildman–Crippen MR) is 81.9 cm³/mol. The second-order valence-electron chi connectivity index (χ2n) is 5.70. The third-order valence-electron chi connectivity index (χ3n) is 3.93. The summed E-state index contributed by atoms with van der Waals surface area (Å²) in [5.74, 6) is -0.338. The summed E-state index contributed by atoms with van der Waals surface area (Å²) in [6.07, 6.45) is -0.848. The van der Waals surface area contributed by atoms with Crippen LogP contribution in [0.4, 0.5) is 13.2 Å². The number of nitrogens with zero attached hydrogens (tertiary/aromatic N) is 2. The van der Waals surface area contributed by atoms with Crippen LogP contribution in [0.2, 0.25) is 0 Å². The van der Waals surface area contributed by atoms with Crippen LogP contribution in [0.25, 0.3) is 5.69 Å². The van der Waals surface area contributed by atoms with Crippen molar-refractivity contribution in [1.82, 2.24) is 20.4 Å². The van der Waals surface area contributed by atoms with Crippen molar-refractivity contribution < 1.29 is 18.0 Å². The van der Waals surface area contributed by atoms with Gasteiger partial charge in [-0.05, 0) is 43.7 Å². The van der Waals surface area contributed by atoms with Crippen LogP contribution >= 0.6 is 0 Å². The first kappa shape index (κ1) is 16.5. The maximum Gasteiger partial charge on any atom is 0.416 e. The van der Waals surface area contributed by atoms with E-state index in [9.17, 15) is 18.0 Å². The second kappa shape index (κ2) is 6.64. The predicted octanol–water partition coefficient (Wildman–Crippen LogP) is 2.37. The van der Waals surface area contributed by atoms with Gasteiger partial charge in [0.25, 0.3) is 5.91 Å². The molecule has 0 radical (unpaired) electrons. The van der Waals surface area contributed by atoms with Gasteiger partial charge in [0.15, 0.2) is 5.69 Å². The van der Waals surface area contributed by atoms with Crippen molar-refractivity contribution in [2.24, 2.45) is 0 Å². The molecule has 3 rings (SSSR count). The number of hydrogen-bond donors (Lipinski definition) is 2. The number of carbonyl (C=O) groups excluding carboxylic acids is 1. The number of carbonyl (C=O) groups is 1. The van der Waals surface area contributed by atoms with Crippen molar-refractivity contribution in [2.45, 2.75) is 25.1 Å². The number of halogens is 3. The number of amides is 1. The van der Waals surface area contributed by atoms with Gasteiger partial charge < -0.3 is 10.6 Å². The quantitative estimate of drug-likeness (QED) is 0.900. The van der Waals surface area contributed by atoms with Crippen molar-refractivity contribution in [3.63, 3.8) is 0 Å². The lowest BCUT2D eigenvalue weighted by Gasteiger charge is -2.10. The molecule has 128 valence electrons. The van der Waals surface area contributed by atoms with E-state index in [2.05, 4.69) is 15.7 Å². The first-order valence-corrected chi connectivity index (χ1v) is 7.68. The smallest absolute Gasteiger partial charge is 0.349 e. The van der Waals surface area contributed by atoms with Gasteiger partial charge in [0.2, 0.25) is 0 Å². The van der Waals surface area contributed by atoms with Crippen LogP contribution in [0.5, 0.6) is 0 Å². The van der Waals surface area contributed by atoms with Gasteiger partial charge >= 0.3 is 6.18 Å². The van der Waals surface area contributed by atoms with E-state index >= 15 is 0 Å². The lowest BCUT2D eigenvalue weighted by Crippen LogP contribution is -2.37. The van der Waals surface area contributed by atoms with E-state index < -0.39 is 11.7 Å². The van der Waals surface area contributed by atoms with Gasteiger partial charge in [0, 0.05) is 18.8 Å². The second-order valence-corrected chi connectivity index (χ2v) is 5.70. The van der Waals surface area contributed by atoms with Crippen molar-refractivity contribution in [1.29, 1.82) is 0 Å². The summed E-state index contributed by atoms with van der Waals surface area (Å²) in [6.45, 7) is 1.46. The molecular formula is C16H17F3N4O. The maximum atomic E-state index is 12.8. The van der Waals surface area contributed by atoms with Gasteiger partial charge in [-0.2, -0.15) is 18.3 Å². The van der Waals surface area contributed by atoms with E-state index in [1.807, 2.05) is 0 Å². The third kappa shape index (κ3) is 3.76. The van der Waals surface area contributed by atoms with Crippen molar-refractivity contribution in [2.75, 3.05) is 13.1 Å². The number of aromatic nitrogens is 2. The lowest BCUT2D eigenvalue weighted by atomic mass is 10.2. The van der Waals surface area contributed by atoms with Gasteiger partial charge in [0.1, 0.15) is 0 Å². The monoisotopic (exact) mass is 338 g/mol. The molecule has 24 heavy (non-hydrogen) atoms. The Balaban J connectivity index is 1.69. The molecule has 0 bridgehead atoms. The van der Waals surface area contributed by atoms with Gasteiger partial charge in [-0.15, -0.1) is 0 Å². The summed E-state index contributed by atoms with van der Waals surface area (Å²) in [7, 11) is 0. The molecule has 1 fully saturated rings. The molecule has 2 N–H and O–H groups in total. The fourth-order valence-corrected chi connectivity index (χ4v) is 2.65. The van der Waals surface area contributed by atoms with Crippen LogP contribution in [-0.2, 0) is 6.18 Å². The minimum atomic E-state index is -4.42. The third-order valence-corrected chi connectivity index (χ3v) is 3.93. The normalized spacial score (nSPS) is 17.9. The molecule has 1 aliphatic rings. The minimum absolute atomic E-state index is 0.172. The number of benzene rings is 1. The zero-order valence-electron chi connectivity index (χ0n) is 12.8. The molecule has 1 unspecified atom stereocenters. The van der Waals surface area contributed by atoms with E-state index in [1.165, 1.54) is 29.1 Å². The zero-order valence-corrected chi connectivity index (χ0v) is 12.8. The number of nitrogens with one attached hydrogen (secondary N) is 2.